The maximum Gasteiger partial charge on any atom is 0.305 e. The fraction of sp³-hybridized carbons (Fsp3) is 0.462. The van der Waals surface area contributed by atoms with E-state index in [1.165, 1.54) is 0 Å². The Morgan fingerprint density at radius 2 is 2.11 bits per heavy atom. The standard InChI is InChI=1S/C13H19N3O3/c1-4-9(6-11(17)18)16-10-5-7(2)15-8(3)12(10)13(14)19/h5,9H,4,6H2,1-3H3,(H2,14,19)(H,15,16)(H,17,18). The molecule has 0 saturated heterocycles. The van der Waals surface area contributed by atoms with E-state index in [0.29, 0.717) is 23.4 Å². The number of hydrogen-bond acceptors (Lipinski definition) is 4. The third kappa shape index (κ3) is 3.94. The minimum Gasteiger partial charge on any atom is -0.481 e. The SMILES string of the molecule is CCC(CC(=O)O)Nc1cc(C)nc(C)c1C(N)=O. The molecule has 1 heterocycles. The van der Waals surface area contributed by atoms with Crippen molar-refractivity contribution >= 4 is 17.6 Å². The van der Waals surface area contributed by atoms with Crippen LogP contribution in [0.3, 0.4) is 0 Å². The predicted octanol–water partition coefficient (Wildman–Crippen LogP) is 1.46. The lowest BCUT2D eigenvalue weighted by Gasteiger charge is -2.19. The molecule has 0 aliphatic heterocycles. The first kappa shape index (κ1) is 14.9. The van der Waals surface area contributed by atoms with Gasteiger partial charge in [0.1, 0.15) is 0 Å². The maximum absolute atomic E-state index is 11.5. The molecule has 0 aliphatic rings. The van der Waals surface area contributed by atoms with Crippen molar-refractivity contribution in [3.05, 3.63) is 23.0 Å². The molecule has 0 fully saturated rings. The molecule has 6 nitrogen and oxygen atoms in total. The second kappa shape index (κ2) is 6.17. The van der Waals surface area contributed by atoms with Gasteiger partial charge in [-0.15, -0.1) is 0 Å². The maximum atomic E-state index is 11.5. The summed E-state index contributed by atoms with van der Waals surface area (Å²) in [7, 11) is 0. The molecule has 0 radical (unpaired) electrons. The van der Waals surface area contributed by atoms with E-state index in [0.717, 1.165) is 5.69 Å². The fourth-order valence-corrected chi connectivity index (χ4v) is 1.98. The van der Waals surface area contributed by atoms with Gasteiger partial charge in [0, 0.05) is 11.7 Å². The number of aromatic nitrogens is 1. The number of pyridine rings is 1. The summed E-state index contributed by atoms with van der Waals surface area (Å²) in [5, 5.41) is 11.9. The van der Waals surface area contributed by atoms with Gasteiger partial charge in [-0.2, -0.15) is 0 Å². The molecular weight excluding hydrogens is 246 g/mol. The lowest BCUT2D eigenvalue weighted by molar-refractivity contribution is -0.137. The van der Waals surface area contributed by atoms with Crippen LogP contribution in [0.1, 0.15) is 41.5 Å². The highest BCUT2D eigenvalue weighted by Gasteiger charge is 2.17. The van der Waals surface area contributed by atoms with Crippen LogP contribution in [0.15, 0.2) is 6.07 Å². The Morgan fingerprint density at radius 3 is 2.58 bits per heavy atom. The van der Waals surface area contributed by atoms with Crippen molar-refractivity contribution in [2.45, 2.75) is 39.7 Å². The third-order valence-electron chi connectivity index (χ3n) is 2.85. The van der Waals surface area contributed by atoms with Crippen LogP contribution < -0.4 is 11.1 Å². The van der Waals surface area contributed by atoms with Crippen LogP contribution in [-0.2, 0) is 4.79 Å². The number of primary amides is 1. The molecule has 0 aromatic carbocycles. The van der Waals surface area contributed by atoms with E-state index in [-0.39, 0.29) is 12.5 Å². The zero-order valence-corrected chi connectivity index (χ0v) is 11.4. The summed E-state index contributed by atoms with van der Waals surface area (Å²) in [6, 6.07) is 1.45. The number of aliphatic carboxylic acids is 1. The van der Waals surface area contributed by atoms with Gasteiger partial charge < -0.3 is 16.2 Å². The number of nitrogens with zero attached hydrogens (tertiary/aromatic N) is 1. The minimum atomic E-state index is -0.887. The van der Waals surface area contributed by atoms with Crippen molar-refractivity contribution in [2.24, 2.45) is 5.73 Å². The first-order valence-electron chi connectivity index (χ1n) is 6.11. The number of amides is 1. The van der Waals surface area contributed by atoms with E-state index in [9.17, 15) is 9.59 Å². The zero-order valence-electron chi connectivity index (χ0n) is 11.4. The lowest BCUT2D eigenvalue weighted by Crippen LogP contribution is -2.25. The number of carbonyl (C=O) groups excluding carboxylic acids is 1. The van der Waals surface area contributed by atoms with Gasteiger partial charge in [0.25, 0.3) is 5.91 Å². The van der Waals surface area contributed by atoms with Crippen molar-refractivity contribution in [3.63, 3.8) is 0 Å². The summed E-state index contributed by atoms with van der Waals surface area (Å²) in [6.07, 6.45) is 0.611. The molecule has 19 heavy (non-hydrogen) atoms. The highest BCUT2D eigenvalue weighted by atomic mass is 16.4. The highest BCUT2D eigenvalue weighted by molar-refractivity contribution is 5.99. The second-order valence-corrected chi connectivity index (χ2v) is 4.48. The van der Waals surface area contributed by atoms with Crippen LogP contribution >= 0.6 is 0 Å². The van der Waals surface area contributed by atoms with Gasteiger partial charge >= 0.3 is 5.97 Å². The van der Waals surface area contributed by atoms with Crippen molar-refractivity contribution in [2.75, 3.05) is 5.32 Å². The molecule has 1 atom stereocenters. The predicted molar refractivity (Wildman–Crippen MR) is 72.2 cm³/mol. The van der Waals surface area contributed by atoms with Gasteiger partial charge in [-0.1, -0.05) is 6.92 Å². The molecule has 1 amide bonds. The molecule has 104 valence electrons. The number of carboxylic acid groups (broad SMARTS) is 1. The Labute approximate surface area is 112 Å². The number of anilines is 1. The average Bonchev–Trinajstić information content (AvgIpc) is 2.25. The summed E-state index contributed by atoms with van der Waals surface area (Å²) < 4.78 is 0. The van der Waals surface area contributed by atoms with Crippen molar-refractivity contribution in [1.82, 2.24) is 4.98 Å². The van der Waals surface area contributed by atoms with Crippen molar-refractivity contribution in [3.8, 4) is 0 Å². The molecule has 0 spiro atoms. The quantitative estimate of drug-likeness (QED) is 0.722. The summed E-state index contributed by atoms with van der Waals surface area (Å²) in [6.45, 7) is 5.39. The Balaban J connectivity index is 3.11. The smallest absolute Gasteiger partial charge is 0.305 e. The molecule has 1 aromatic rings. The molecule has 1 aromatic heterocycles. The first-order chi connectivity index (χ1) is 8.85. The molecule has 4 N–H and O–H groups in total. The molecule has 1 rings (SSSR count). The molecule has 0 bridgehead atoms. The van der Waals surface area contributed by atoms with Crippen LogP contribution in [0.5, 0.6) is 0 Å². The molecule has 1 unspecified atom stereocenters. The minimum absolute atomic E-state index is 0.0187. The molecule has 6 heteroatoms. The van der Waals surface area contributed by atoms with Gasteiger partial charge in [-0.25, -0.2) is 0 Å². The van der Waals surface area contributed by atoms with E-state index in [1.807, 2.05) is 6.92 Å². The van der Waals surface area contributed by atoms with Gasteiger partial charge in [-0.3, -0.25) is 14.6 Å². The van der Waals surface area contributed by atoms with Crippen LogP contribution in [0.25, 0.3) is 0 Å². The summed E-state index contributed by atoms with van der Waals surface area (Å²) in [5.41, 5.74) is 7.50. The van der Waals surface area contributed by atoms with E-state index in [1.54, 1.807) is 19.9 Å². The molecular formula is C13H19N3O3. The first-order valence-corrected chi connectivity index (χ1v) is 6.11. The average molecular weight is 265 g/mol. The number of rotatable bonds is 6. The molecule has 0 saturated carbocycles. The van der Waals surface area contributed by atoms with Crippen LogP contribution in [0, 0.1) is 13.8 Å². The zero-order chi connectivity index (χ0) is 14.6. The third-order valence-corrected chi connectivity index (χ3v) is 2.85. The Kier molecular flexibility index (Phi) is 4.86. The summed E-state index contributed by atoms with van der Waals surface area (Å²) in [4.78, 5) is 26.4. The monoisotopic (exact) mass is 265 g/mol. The normalized spacial score (nSPS) is 11.9. The number of aryl methyl sites for hydroxylation is 2. The van der Waals surface area contributed by atoms with E-state index < -0.39 is 11.9 Å². The number of carboxylic acids is 1. The van der Waals surface area contributed by atoms with Crippen LogP contribution in [-0.4, -0.2) is 28.0 Å². The Morgan fingerprint density at radius 1 is 1.47 bits per heavy atom. The van der Waals surface area contributed by atoms with Gasteiger partial charge in [0.15, 0.2) is 0 Å². The Bertz CT molecular complexity index is 500. The van der Waals surface area contributed by atoms with Gasteiger partial charge in [0.05, 0.1) is 23.4 Å². The van der Waals surface area contributed by atoms with Crippen LogP contribution in [0.2, 0.25) is 0 Å². The summed E-state index contributed by atoms with van der Waals surface area (Å²) >= 11 is 0. The number of carbonyl (C=O) groups is 2. The second-order valence-electron chi connectivity index (χ2n) is 4.48. The van der Waals surface area contributed by atoms with Crippen LogP contribution in [0.4, 0.5) is 5.69 Å². The number of nitrogens with two attached hydrogens (primary N) is 1. The van der Waals surface area contributed by atoms with E-state index in [2.05, 4.69) is 10.3 Å². The van der Waals surface area contributed by atoms with E-state index in [4.69, 9.17) is 10.8 Å². The Hall–Kier alpha value is -2.11. The number of hydrogen-bond donors (Lipinski definition) is 3. The largest absolute Gasteiger partial charge is 0.481 e. The van der Waals surface area contributed by atoms with Crippen molar-refractivity contribution < 1.29 is 14.7 Å². The highest BCUT2D eigenvalue weighted by Crippen LogP contribution is 2.21. The topological polar surface area (TPSA) is 105 Å². The fourth-order valence-electron chi connectivity index (χ4n) is 1.98. The summed E-state index contributed by atoms with van der Waals surface area (Å²) in [5.74, 6) is -1.46. The lowest BCUT2D eigenvalue weighted by atomic mass is 10.1. The van der Waals surface area contributed by atoms with E-state index >= 15 is 0 Å². The molecule has 0 aliphatic carbocycles. The number of nitrogens with one attached hydrogen (secondary N) is 1. The van der Waals surface area contributed by atoms with Gasteiger partial charge in [-0.05, 0) is 26.3 Å². The van der Waals surface area contributed by atoms with Crippen molar-refractivity contribution in [1.29, 1.82) is 0 Å². The van der Waals surface area contributed by atoms with Gasteiger partial charge in [0.2, 0.25) is 0 Å².